The molecule has 4 heteroatoms. The van der Waals surface area contributed by atoms with Gasteiger partial charge in [0, 0.05) is 10.4 Å². The van der Waals surface area contributed by atoms with E-state index in [0.717, 1.165) is 52.8 Å². The van der Waals surface area contributed by atoms with Crippen LogP contribution >= 0.6 is 11.3 Å². The van der Waals surface area contributed by atoms with E-state index in [0.29, 0.717) is 16.1 Å². The quantitative estimate of drug-likeness (QED) is 0.300. The molecule has 0 unspecified atom stereocenters. The van der Waals surface area contributed by atoms with E-state index in [9.17, 15) is 10.1 Å². The van der Waals surface area contributed by atoms with Crippen molar-refractivity contribution in [2.45, 2.75) is 25.7 Å². The summed E-state index contributed by atoms with van der Waals surface area (Å²) in [5, 5.41) is 20.1. The first kappa shape index (κ1) is 19.0. The van der Waals surface area contributed by atoms with E-state index in [1.807, 2.05) is 24.3 Å². The summed E-state index contributed by atoms with van der Waals surface area (Å²) >= 11 is 1.56. The minimum atomic E-state index is -0.161. The van der Waals surface area contributed by atoms with Crippen molar-refractivity contribution in [3.8, 4) is 6.07 Å². The average molecular weight is 433 g/mol. The zero-order chi connectivity index (χ0) is 21.7. The molecule has 0 spiro atoms. The Hall–Kier alpha value is -3.68. The SMILES string of the molecule is N#Cc1c(NC(=O)c2cccc3cc4cc5ccccc5cc4cc23)sc2c1CCCC2. The van der Waals surface area contributed by atoms with Crippen molar-refractivity contribution >= 4 is 54.6 Å². The van der Waals surface area contributed by atoms with E-state index < -0.39 is 0 Å². The van der Waals surface area contributed by atoms with Crippen molar-refractivity contribution in [1.82, 2.24) is 0 Å². The average Bonchev–Trinajstić information content (AvgIpc) is 3.17. The molecule has 0 fully saturated rings. The fourth-order valence-corrected chi connectivity index (χ4v) is 6.09. The normalized spacial score (nSPS) is 13.2. The molecule has 1 aliphatic rings. The molecule has 3 nitrogen and oxygen atoms in total. The molecule has 4 aromatic carbocycles. The number of nitrogens with one attached hydrogen (secondary N) is 1. The van der Waals surface area contributed by atoms with E-state index in [4.69, 9.17) is 0 Å². The largest absolute Gasteiger partial charge is 0.312 e. The van der Waals surface area contributed by atoms with Gasteiger partial charge in [0.1, 0.15) is 11.1 Å². The van der Waals surface area contributed by atoms with Crippen LogP contribution in [0.15, 0.2) is 66.7 Å². The molecule has 32 heavy (non-hydrogen) atoms. The van der Waals surface area contributed by atoms with Gasteiger partial charge in [0.25, 0.3) is 5.91 Å². The van der Waals surface area contributed by atoms with Crippen molar-refractivity contribution in [1.29, 1.82) is 5.26 Å². The first-order chi connectivity index (χ1) is 15.7. The molecule has 0 atom stereocenters. The molecule has 5 aromatic rings. The molecule has 0 saturated heterocycles. The van der Waals surface area contributed by atoms with Crippen LogP contribution in [0.3, 0.4) is 0 Å². The van der Waals surface area contributed by atoms with Crippen LogP contribution in [0.1, 0.15) is 39.2 Å². The number of carbonyl (C=O) groups excluding carboxylic acids is 1. The molecule has 1 aromatic heterocycles. The summed E-state index contributed by atoms with van der Waals surface area (Å²) < 4.78 is 0. The fourth-order valence-electron chi connectivity index (χ4n) is 4.86. The van der Waals surface area contributed by atoms with E-state index >= 15 is 0 Å². The molecule has 1 heterocycles. The van der Waals surface area contributed by atoms with Crippen LogP contribution in [0, 0.1) is 11.3 Å². The van der Waals surface area contributed by atoms with Crippen LogP contribution < -0.4 is 5.32 Å². The summed E-state index contributed by atoms with van der Waals surface area (Å²) in [5.41, 5.74) is 2.41. The highest BCUT2D eigenvalue weighted by Crippen LogP contribution is 2.38. The van der Waals surface area contributed by atoms with Gasteiger partial charge in [-0.25, -0.2) is 0 Å². The summed E-state index contributed by atoms with van der Waals surface area (Å²) in [4.78, 5) is 14.6. The number of amides is 1. The lowest BCUT2D eigenvalue weighted by molar-refractivity contribution is 0.102. The number of aryl methyl sites for hydroxylation is 1. The third-order valence-corrected chi connectivity index (χ3v) is 7.66. The number of anilines is 1. The summed E-state index contributed by atoms with van der Waals surface area (Å²) in [6, 6.07) is 25.1. The molecule has 0 bridgehead atoms. The summed E-state index contributed by atoms with van der Waals surface area (Å²) in [6.45, 7) is 0. The van der Waals surface area contributed by atoms with Gasteiger partial charge in [-0.15, -0.1) is 11.3 Å². The van der Waals surface area contributed by atoms with Crippen molar-refractivity contribution in [2.24, 2.45) is 0 Å². The number of carbonyl (C=O) groups is 1. The van der Waals surface area contributed by atoms with Gasteiger partial charge in [-0.3, -0.25) is 4.79 Å². The highest BCUT2D eigenvalue weighted by molar-refractivity contribution is 7.16. The molecule has 6 rings (SSSR count). The zero-order valence-electron chi connectivity index (χ0n) is 17.4. The minimum absolute atomic E-state index is 0.161. The van der Waals surface area contributed by atoms with E-state index in [2.05, 4.69) is 53.9 Å². The number of hydrogen-bond acceptors (Lipinski definition) is 3. The maximum absolute atomic E-state index is 13.3. The second-order valence-corrected chi connectivity index (χ2v) is 9.51. The van der Waals surface area contributed by atoms with Crippen LogP contribution in [0.25, 0.3) is 32.3 Å². The number of nitriles is 1. The fraction of sp³-hybridized carbons (Fsp3) is 0.143. The number of fused-ring (bicyclic) bond motifs is 4. The third-order valence-electron chi connectivity index (χ3n) is 6.46. The summed E-state index contributed by atoms with van der Waals surface area (Å²) in [7, 11) is 0. The van der Waals surface area contributed by atoms with E-state index in [-0.39, 0.29) is 5.91 Å². The zero-order valence-corrected chi connectivity index (χ0v) is 18.3. The third kappa shape index (κ3) is 3.05. The molecule has 154 valence electrons. The highest BCUT2D eigenvalue weighted by Gasteiger charge is 2.22. The van der Waals surface area contributed by atoms with Gasteiger partial charge < -0.3 is 5.32 Å². The van der Waals surface area contributed by atoms with Crippen molar-refractivity contribution in [2.75, 3.05) is 5.32 Å². The van der Waals surface area contributed by atoms with Crippen LogP contribution in [-0.2, 0) is 12.8 Å². The van der Waals surface area contributed by atoms with Gasteiger partial charge >= 0.3 is 0 Å². The van der Waals surface area contributed by atoms with Crippen LogP contribution in [0.5, 0.6) is 0 Å². The van der Waals surface area contributed by atoms with E-state index in [1.54, 1.807) is 11.3 Å². The predicted molar refractivity (Wildman–Crippen MR) is 133 cm³/mol. The molecular formula is C28H20N2OS. The summed E-state index contributed by atoms with van der Waals surface area (Å²) in [5.74, 6) is -0.161. The maximum atomic E-state index is 13.3. The Morgan fingerprint density at radius 3 is 2.31 bits per heavy atom. The van der Waals surface area contributed by atoms with Crippen molar-refractivity contribution < 1.29 is 4.79 Å². The molecule has 0 aliphatic heterocycles. The Morgan fingerprint density at radius 2 is 1.53 bits per heavy atom. The predicted octanol–water partition coefficient (Wildman–Crippen LogP) is 7.21. The Kier molecular flexibility index (Phi) is 4.45. The lowest BCUT2D eigenvalue weighted by Gasteiger charge is -2.10. The molecular weight excluding hydrogens is 412 g/mol. The molecule has 0 radical (unpaired) electrons. The van der Waals surface area contributed by atoms with Crippen molar-refractivity contribution in [3.05, 3.63) is 88.3 Å². The van der Waals surface area contributed by atoms with Gasteiger partial charge in [0.15, 0.2) is 0 Å². The Balaban J connectivity index is 1.45. The molecule has 1 aliphatic carbocycles. The second-order valence-electron chi connectivity index (χ2n) is 8.41. The van der Waals surface area contributed by atoms with Crippen LogP contribution in [-0.4, -0.2) is 5.91 Å². The summed E-state index contributed by atoms with van der Waals surface area (Å²) in [6.07, 6.45) is 4.19. The van der Waals surface area contributed by atoms with Gasteiger partial charge in [-0.1, -0.05) is 36.4 Å². The van der Waals surface area contributed by atoms with Gasteiger partial charge in [-0.05, 0) is 93.9 Å². The van der Waals surface area contributed by atoms with E-state index in [1.165, 1.54) is 15.6 Å². The number of thiophene rings is 1. The monoisotopic (exact) mass is 432 g/mol. The minimum Gasteiger partial charge on any atom is -0.312 e. The smallest absolute Gasteiger partial charge is 0.256 e. The van der Waals surface area contributed by atoms with Crippen LogP contribution in [0.4, 0.5) is 5.00 Å². The number of rotatable bonds is 2. The number of nitrogens with zero attached hydrogens (tertiary/aromatic N) is 1. The van der Waals surface area contributed by atoms with Gasteiger partial charge in [0.05, 0.1) is 5.56 Å². The van der Waals surface area contributed by atoms with Gasteiger partial charge in [-0.2, -0.15) is 5.26 Å². The Morgan fingerprint density at radius 1 is 0.844 bits per heavy atom. The topological polar surface area (TPSA) is 52.9 Å². The maximum Gasteiger partial charge on any atom is 0.256 e. The Bertz CT molecular complexity index is 1590. The molecule has 1 N–H and O–H groups in total. The first-order valence-electron chi connectivity index (χ1n) is 10.9. The molecule has 1 amide bonds. The Labute approximate surface area is 189 Å². The first-order valence-corrected chi connectivity index (χ1v) is 11.7. The lowest BCUT2D eigenvalue weighted by Crippen LogP contribution is -2.12. The van der Waals surface area contributed by atoms with Crippen LogP contribution in [0.2, 0.25) is 0 Å². The standard InChI is InChI=1S/C28H20N2OS/c29-16-25-22-9-3-4-11-26(22)32-28(25)30-27(31)23-10-5-8-19-14-20-12-17-6-1-2-7-18(17)13-21(20)15-24(19)23/h1-2,5-8,10,12-15H,3-4,9,11H2,(H,30,31). The second kappa shape index (κ2) is 7.47. The van der Waals surface area contributed by atoms with Crippen molar-refractivity contribution in [3.63, 3.8) is 0 Å². The molecule has 0 saturated carbocycles. The number of hydrogen-bond donors (Lipinski definition) is 1. The highest BCUT2D eigenvalue weighted by atomic mass is 32.1. The number of benzene rings is 4. The lowest BCUT2D eigenvalue weighted by atomic mass is 9.96. The van der Waals surface area contributed by atoms with Gasteiger partial charge in [0.2, 0.25) is 0 Å².